The van der Waals surface area contributed by atoms with Crippen molar-refractivity contribution in [2.75, 3.05) is 0 Å². The van der Waals surface area contributed by atoms with Crippen LogP contribution in [0.3, 0.4) is 0 Å². The molecule has 25 heavy (non-hydrogen) atoms. The quantitative estimate of drug-likeness (QED) is 0.832. The van der Waals surface area contributed by atoms with E-state index >= 15 is 0 Å². The molecule has 0 atom stereocenters. The average molecular weight is 361 g/mol. The van der Waals surface area contributed by atoms with Crippen molar-refractivity contribution in [1.82, 2.24) is 19.9 Å². The monoisotopic (exact) mass is 360 g/mol. The molecule has 2 aromatic heterocycles. The second-order valence-electron chi connectivity index (χ2n) is 6.49. The lowest BCUT2D eigenvalue weighted by atomic mass is 9.89. The van der Waals surface area contributed by atoms with Crippen LogP contribution in [-0.4, -0.2) is 20.4 Å². The zero-order valence-electron chi connectivity index (χ0n) is 13.7. The largest absolute Gasteiger partial charge is 0.433 e. The Hall–Kier alpha value is -2.41. The number of carbonyl (C=O) groups excluding carboxylic acids is 1. The van der Waals surface area contributed by atoms with E-state index in [0.29, 0.717) is 11.3 Å². The number of amides is 1. The second-order valence-corrected chi connectivity index (χ2v) is 6.83. The minimum absolute atomic E-state index is 0.0380. The van der Waals surface area contributed by atoms with E-state index in [4.69, 9.17) is 16.3 Å². The van der Waals surface area contributed by atoms with E-state index in [9.17, 15) is 9.59 Å². The van der Waals surface area contributed by atoms with Crippen LogP contribution in [-0.2, 0) is 5.66 Å². The maximum absolute atomic E-state index is 13.1. The lowest BCUT2D eigenvalue weighted by molar-refractivity contribution is 0.0876. The molecule has 0 bridgehead atoms. The molecule has 1 aliphatic carbocycles. The molecule has 8 heteroatoms. The van der Waals surface area contributed by atoms with Crippen LogP contribution >= 0.6 is 11.6 Å². The highest BCUT2D eigenvalue weighted by Crippen LogP contribution is 2.37. The summed E-state index contributed by atoms with van der Waals surface area (Å²) in [6.07, 6.45) is 5.99. The fourth-order valence-corrected chi connectivity index (χ4v) is 3.92. The van der Waals surface area contributed by atoms with Gasteiger partial charge >= 0.3 is 0 Å². The fourth-order valence-electron chi connectivity index (χ4n) is 3.78. The topological polar surface area (TPSA) is 86.1 Å². The predicted octanol–water partition coefficient (Wildman–Crippen LogP) is 2.75. The van der Waals surface area contributed by atoms with Gasteiger partial charge in [0.05, 0.1) is 0 Å². The summed E-state index contributed by atoms with van der Waals surface area (Å²) in [6.45, 7) is 1.80. The van der Waals surface area contributed by atoms with Crippen molar-refractivity contribution in [2.45, 2.75) is 44.7 Å². The number of pyridine rings is 1. The maximum Gasteiger partial charge on any atom is 0.296 e. The predicted molar refractivity (Wildman–Crippen MR) is 91.1 cm³/mol. The van der Waals surface area contributed by atoms with Crippen LogP contribution in [0.2, 0.25) is 5.28 Å². The van der Waals surface area contributed by atoms with E-state index in [1.165, 1.54) is 12.3 Å². The number of carbonyl (C=O) groups is 1. The summed E-state index contributed by atoms with van der Waals surface area (Å²) in [5.74, 6) is 0.109. The number of nitrogens with zero attached hydrogens (tertiary/aromatic N) is 3. The highest BCUT2D eigenvalue weighted by molar-refractivity contribution is 6.28. The second kappa shape index (κ2) is 5.84. The first-order chi connectivity index (χ1) is 12.0. The molecule has 0 radical (unpaired) electrons. The summed E-state index contributed by atoms with van der Waals surface area (Å²) < 4.78 is 7.24. The van der Waals surface area contributed by atoms with Crippen LogP contribution in [0.25, 0.3) is 0 Å². The Morgan fingerprint density at radius 1 is 1.28 bits per heavy atom. The number of ether oxygens (including phenoxy) is 1. The zero-order chi connectivity index (χ0) is 17.6. The molecule has 7 nitrogen and oxygen atoms in total. The third-order valence-corrected chi connectivity index (χ3v) is 5.03. The maximum atomic E-state index is 13.1. The normalized spacial score (nSPS) is 18.1. The Balaban J connectivity index is 1.84. The Bertz CT molecular complexity index is 919. The van der Waals surface area contributed by atoms with Crippen LogP contribution in [0.1, 0.15) is 48.2 Å². The minimum atomic E-state index is -0.644. The summed E-state index contributed by atoms with van der Waals surface area (Å²) in [5, 5.41) is 3.08. The fraction of sp³-hybridized carbons (Fsp3) is 0.412. The third kappa shape index (κ3) is 2.59. The standard InChI is InChI=1S/C17H17ClN4O3/c1-10-9-11(25-12-5-8-19-16(18)20-12)15(24)22-13(10)14(23)21-17(22)6-3-2-4-7-17/h5,8-9H,2-4,6-7H2,1H3,(H,21,23). The van der Waals surface area contributed by atoms with E-state index in [2.05, 4.69) is 15.3 Å². The van der Waals surface area contributed by atoms with Gasteiger partial charge in [-0.3, -0.25) is 14.2 Å². The molecule has 2 aromatic rings. The third-order valence-electron chi connectivity index (χ3n) is 4.84. The van der Waals surface area contributed by atoms with Crippen LogP contribution in [0.4, 0.5) is 0 Å². The van der Waals surface area contributed by atoms with Crippen molar-refractivity contribution >= 4 is 17.5 Å². The van der Waals surface area contributed by atoms with Crippen molar-refractivity contribution in [3.05, 3.63) is 45.2 Å². The molecule has 4 rings (SSSR count). The molecule has 1 saturated carbocycles. The van der Waals surface area contributed by atoms with Gasteiger partial charge in [-0.2, -0.15) is 4.98 Å². The Kier molecular flexibility index (Phi) is 3.76. The Morgan fingerprint density at radius 2 is 2.04 bits per heavy atom. The van der Waals surface area contributed by atoms with Crippen LogP contribution in [0.5, 0.6) is 11.6 Å². The number of aryl methyl sites for hydroxylation is 1. The number of hydrogen-bond acceptors (Lipinski definition) is 5. The van der Waals surface area contributed by atoms with Gasteiger partial charge in [-0.1, -0.05) is 6.42 Å². The van der Waals surface area contributed by atoms with Crippen molar-refractivity contribution < 1.29 is 9.53 Å². The molecule has 0 saturated heterocycles. The molecule has 1 aliphatic heterocycles. The highest BCUT2D eigenvalue weighted by atomic mass is 35.5. The summed E-state index contributed by atoms with van der Waals surface area (Å²) in [6, 6.07) is 3.10. The molecule has 3 heterocycles. The Labute approximate surface area is 149 Å². The lowest BCUT2D eigenvalue weighted by Gasteiger charge is -2.35. The first-order valence-corrected chi connectivity index (χ1v) is 8.64. The van der Waals surface area contributed by atoms with Crippen molar-refractivity contribution in [2.24, 2.45) is 0 Å². The summed E-state index contributed by atoms with van der Waals surface area (Å²) >= 11 is 5.77. The molecule has 0 unspecified atom stereocenters. The molecule has 130 valence electrons. The van der Waals surface area contributed by atoms with Crippen LogP contribution < -0.4 is 15.6 Å². The number of nitrogens with one attached hydrogen (secondary N) is 1. The molecule has 1 N–H and O–H groups in total. The Morgan fingerprint density at radius 3 is 2.76 bits per heavy atom. The first-order valence-electron chi connectivity index (χ1n) is 8.26. The van der Waals surface area contributed by atoms with Crippen LogP contribution in [0.15, 0.2) is 23.1 Å². The van der Waals surface area contributed by atoms with Gasteiger partial charge in [0.25, 0.3) is 11.5 Å². The van der Waals surface area contributed by atoms with E-state index in [1.807, 2.05) is 0 Å². The van der Waals surface area contributed by atoms with Gasteiger partial charge in [-0.05, 0) is 55.8 Å². The van der Waals surface area contributed by atoms with Crippen molar-refractivity contribution in [1.29, 1.82) is 0 Å². The van der Waals surface area contributed by atoms with Crippen molar-refractivity contribution in [3.63, 3.8) is 0 Å². The van der Waals surface area contributed by atoms with E-state index in [0.717, 1.165) is 32.1 Å². The molecular weight excluding hydrogens is 344 g/mol. The highest BCUT2D eigenvalue weighted by Gasteiger charge is 2.45. The van der Waals surface area contributed by atoms with Gasteiger partial charge in [0.2, 0.25) is 11.2 Å². The average Bonchev–Trinajstić information content (AvgIpc) is 2.85. The molecule has 2 aliphatic rings. The summed E-state index contributed by atoms with van der Waals surface area (Å²) in [7, 11) is 0. The smallest absolute Gasteiger partial charge is 0.296 e. The van der Waals surface area contributed by atoms with Gasteiger partial charge in [-0.25, -0.2) is 4.98 Å². The van der Waals surface area contributed by atoms with Gasteiger partial charge in [0, 0.05) is 12.3 Å². The number of rotatable bonds is 2. The number of hydrogen-bond donors (Lipinski definition) is 1. The van der Waals surface area contributed by atoms with Gasteiger partial charge in [0.15, 0.2) is 5.75 Å². The molecular formula is C17H17ClN4O3. The van der Waals surface area contributed by atoms with Gasteiger partial charge in [0.1, 0.15) is 11.4 Å². The minimum Gasteiger partial charge on any atom is -0.433 e. The summed E-state index contributed by atoms with van der Waals surface area (Å²) in [5.41, 5.74) is 0.125. The molecule has 0 aromatic carbocycles. The van der Waals surface area contributed by atoms with E-state index in [1.54, 1.807) is 17.6 Å². The van der Waals surface area contributed by atoms with Crippen LogP contribution in [0, 0.1) is 6.92 Å². The SMILES string of the molecule is Cc1cc(Oc2ccnc(Cl)n2)c(=O)n2c1C(=O)NC21CCCCC1. The molecule has 1 spiro atoms. The number of fused-ring (bicyclic) bond motifs is 2. The van der Waals surface area contributed by atoms with E-state index < -0.39 is 5.66 Å². The van der Waals surface area contributed by atoms with E-state index in [-0.39, 0.29) is 28.4 Å². The van der Waals surface area contributed by atoms with Crippen molar-refractivity contribution in [3.8, 4) is 11.6 Å². The summed E-state index contributed by atoms with van der Waals surface area (Å²) in [4.78, 5) is 33.3. The number of aromatic nitrogens is 3. The molecule has 1 amide bonds. The van der Waals surface area contributed by atoms with Gasteiger partial charge < -0.3 is 10.1 Å². The lowest BCUT2D eigenvalue weighted by Crippen LogP contribution is -2.48. The number of halogens is 1. The first kappa shape index (κ1) is 16.1. The van der Waals surface area contributed by atoms with Gasteiger partial charge in [-0.15, -0.1) is 0 Å². The zero-order valence-corrected chi connectivity index (χ0v) is 14.5. The molecule has 1 fully saturated rings.